The van der Waals surface area contributed by atoms with E-state index in [1.807, 2.05) is 23.0 Å². The minimum absolute atomic E-state index is 0.647. The predicted molar refractivity (Wildman–Crippen MR) is 51.9 cm³/mol. The van der Waals surface area contributed by atoms with Crippen LogP contribution in [0.2, 0.25) is 0 Å². The number of hydrogen-bond acceptors (Lipinski definition) is 3. The van der Waals surface area contributed by atoms with Crippen LogP contribution in [0.15, 0.2) is 0 Å². The molecule has 0 aliphatic heterocycles. The van der Waals surface area contributed by atoms with E-state index in [9.17, 15) is 0 Å². The van der Waals surface area contributed by atoms with Crippen molar-refractivity contribution in [3.63, 3.8) is 0 Å². The van der Waals surface area contributed by atoms with Crippen LogP contribution in [0.5, 0.6) is 0 Å². The lowest BCUT2D eigenvalue weighted by atomic mass is 10.5. The molecular formula is C7H15IO3. The normalized spacial score (nSPS) is 10.4. The van der Waals surface area contributed by atoms with Crippen molar-refractivity contribution in [2.24, 2.45) is 0 Å². The molecule has 0 aliphatic carbocycles. The fraction of sp³-hybridized carbons (Fsp3) is 1.00. The molecule has 3 nitrogen and oxygen atoms in total. The molecule has 0 spiro atoms. The minimum atomic E-state index is 0.647. The summed E-state index contributed by atoms with van der Waals surface area (Å²) in [6.45, 7) is 5.57. The smallest absolute Gasteiger partial charge is 0.109 e. The molecular weight excluding hydrogens is 259 g/mol. The van der Waals surface area contributed by atoms with Gasteiger partial charge in [0.15, 0.2) is 0 Å². The molecule has 0 N–H and O–H groups in total. The minimum Gasteiger partial charge on any atom is -0.379 e. The highest BCUT2D eigenvalue weighted by atomic mass is 127. The second-order valence-electron chi connectivity index (χ2n) is 2.04. The molecule has 0 aliphatic rings. The van der Waals surface area contributed by atoms with Gasteiger partial charge in [-0.05, 0) is 6.42 Å². The van der Waals surface area contributed by atoms with Crippen LogP contribution in [0.3, 0.4) is 0 Å². The van der Waals surface area contributed by atoms with Crippen molar-refractivity contribution in [1.82, 2.24) is 0 Å². The van der Waals surface area contributed by atoms with Crippen molar-refractivity contribution >= 4 is 23.0 Å². The summed E-state index contributed by atoms with van der Waals surface area (Å²) < 4.78 is 15.1. The predicted octanol–water partition coefficient (Wildman–Crippen LogP) is 1.80. The second kappa shape index (κ2) is 10.6. The van der Waals surface area contributed by atoms with Crippen LogP contribution in [-0.4, -0.2) is 33.0 Å². The molecule has 0 aromatic carbocycles. The first-order valence-corrected chi connectivity index (χ1v) is 4.69. The van der Waals surface area contributed by atoms with Gasteiger partial charge in [-0.2, -0.15) is 0 Å². The van der Waals surface area contributed by atoms with Crippen LogP contribution < -0.4 is 0 Å². The highest BCUT2D eigenvalue weighted by molar-refractivity contribution is 14.1. The van der Waals surface area contributed by atoms with Crippen LogP contribution in [0.25, 0.3) is 0 Å². The van der Waals surface area contributed by atoms with Gasteiger partial charge >= 0.3 is 0 Å². The van der Waals surface area contributed by atoms with Gasteiger partial charge in [-0.3, -0.25) is 0 Å². The second-order valence-corrected chi connectivity index (χ2v) is 2.66. The highest BCUT2D eigenvalue weighted by Crippen LogP contribution is 1.86. The van der Waals surface area contributed by atoms with E-state index in [2.05, 4.69) is 6.92 Å². The fourth-order valence-corrected chi connectivity index (χ4v) is 0.737. The summed E-state index contributed by atoms with van der Waals surface area (Å²) in [6, 6.07) is 0. The Balaban J connectivity index is 2.69. The molecule has 0 fully saturated rings. The SMILES string of the molecule is CCCOCCOCCOI. The third kappa shape index (κ3) is 10.6. The summed E-state index contributed by atoms with van der Waals surface area (Å²) >= 11 is 1.85. The first kappa shape index (κ1) is 11.6. The Labute approximate surface area is 82.1 Å². The third-order valence-corrected chi connectivity index (χ3v) is 1.47. The van der Waals surface area contributed by atoms with Gasteiger partial charge in [0.1, 0.15) is 23.0 Å². The van der Waals surface area contributed by atoms with E-state index in [-0.39, 0.29) is 0 Å². The Hall–Kier alpha value is 0.610. The lowest BCUT2D eigenvalue weighted by Crippen LogP contribution is -2.07. The molecule has 0 saturated heterocycles. The lowest BCUT2D eigenvalue weighted by molar-refractivity contribution is 0.0409. The zero-order chi connectivity index (χ0) is 8.36. The van der Waals surface area contributed by atoms with Crippen LogP contribution in [-0.2, 0) is 12.5 Å². The van der Waals surface area contributed by atoms with Crippen molar-refractivity contribution in [1.29, 1.82) is 0 Å². The maximum atomic E-state index is 5.20. The maximum Gasteiger partial charge on any atom is 0.109 e. The third-order valence-electron chi connectivity index (χ3n) is 1.03. The molecule has 68 valence electrons. The number of hydrogen-bond donors (Lipinski definition) is 0. The standard InChI is InChI=1S/C7H15IO3/c1-2-3-9-4-5-10-6-7-11-8/h2-7H2,1H3. The molecule has 0 aromatic heterocycles. The molecule has 0 saturated carbocycles. The van der Waals surface area contributed by atoms with Crippen LogP contribution in [0, 0.1) is 0 Å². The van der Waals surface area contributed by atoms with E-state index in [1.165, 1.54) is 0 Å². The lowest BCUT2D eigenvalue weighted by Gasteiger charge is -2.02. The van der Waals surface area contributed by atoms with Gasteiger partial charge in [0.25, 0.3) is 0 Å². The average Bonchev–Trinajstić information content (AvgIpc) is 2.03. The van der Waals surface area contributed by atoms with Crippen molar-refractivity contribution in [3.8, 4) is 0 Å². The number of rotatable bonds is 8. The summed E-state index contributed by atoms with van der Waals surface area (Å²) in [5, 5.41) is 0. The Morgan fingerprint density at radius 3 is 2.00 bits per heavy atom. The summed E-state index contributed by atoms with van der Waals surface area (Å²) in [7, 11) is 0. The molecule has 0 aromatic rings. The average molecular weight is 274 g/mol. The monoisotopic (exact) mass is 274 g/mol. The van der Waals surface area contributed by atoms with E-state index >= 15 is 0 Å². The van der Waals surface area contributed by atoms with E-state index in [1.54, 1.807) is 0 Å². The topological polar surface area (TPSA) is 27.7 Å². The van der Waals surface area contributed by atoms with E-state index in [0.29, 0.717) is 26.4 Å². The Kier molecular flexibility index (Phi) is 11.2. The summed E-state index contributed by atoms with van der Waals surface area (Å²) in [5.74, 6) is 0. The first-order valence-electron chi connectivity index (χ1n) is 3.80. The molecule has 11 heavy (non-hydrogen) atoms. The van der Waals surface area contributed by atoms with Crippen LogP contribution >= 0.6 is 23.0 Å². The molecule has 4 heteroatoms. The van der Waals surface area contributed by atoms with E-state index < -0.39 is 0 Å². The van der Waals surface area contributed by atoms with E-state index in [0.717, 1.165) is 13.0 Å². The molecule has 0 heterocycles. The van der Waals surface area contributed by atoms with Crippen LogP contribution in [0.4, 0.5) is 0 Å². The number of halogens is 1. The summed E-state index contributed by atoms with van der Waals surface area (Å²) in [6.07, 6.45) is 1.07. The highest BCUT2D eigenvalue weighted by Gasteiger charge is 1.88. The zero-order valence-corrected chi connectivity index (χ0v) is 9.00. The van der Waals surface area contributed by atoms with Crippen molar-refractivity contribution in [2.75, 3.05) is 33.0 Å². The van der Waals surface area contributed by atoms with Gasteiger partial charge in [0, 0.05) is 6.61 Å². The molecule has 0 atom stereocenters. The number of ether oxygens (including phenoxy) is 2. The molecule has 0 radical (unpaired) electrons. The molecule has 0 bridgehead atoms. The fourth-order valence-electron chi connectivity index (χ4n) is 0.557. The van der Waals surface area contributed by atoms with Crippen molar-refractivity contribution in [3.05, 3.63) is 0 Å². The van der Waals surface area contributed by atoms with Gasteiger partial charge in [-0.1, -0.05) is 6.92 Å². The van der Waals surface area contributed by atoms with Crippen molar-refractivity contribution in [2.45, 2.75) is 13.3 Å². The van der Waals surface area contributed by atoms with Crippen molar-refractivity contribution < 1.29 is 12.5 Å². The van der Waals surface area contributed by atoms with Gasteiger partial charge < -0.3 is 12.5 Å². The first-order chi connectivity index (χ1) is 5.41. The Morgan fingerprint density at radius 1 is 0.909 bits per heavy atom. The maximum absolute atomic E-state index is 5.20. The van der Waals surface area contributed by atoms with Gasteiger partial charge in [-0.15, -0.1) is 0 Å². The zero-order valence-electron chi connectivity index (χ0n) is 6.85. The summed E-state index contributed by atoms with van der Waals surface area (Å²) in [5.41, 5.74) is 0. The molecule has 0 unspecified atom stereocenters. The molecule has 0 amide bonds. The van der Waals surface area contributed by atoms with E-state index in [4.69, 9.17) is 12.5 Å². The quantitative estimate of drug-likeness (QED) is 0.499. The Bertz CT molecular complexity index is 62.7. The van der Waals surface area contributed by atoms with Gasteiger partial charge in [-0.25, -0.2) is 0 Å². The molecule has 0 rings (SSSR count). The van der Waals surface area contributed by atoms with Gasteiger partial charge in [0.2, 0.25) is 0 Å². The van der Waals surface area contributed by atoms with Gasteiger partial charge in [0.05, 0.1) is 26.4 Å². The summed E-state index contributed by atoms with van der Waals surface area (Å²) in [4.78, 5) is 0. The van der Waals surface area contributed by atoms with Crippen LogP contribution in [0.1, 0.15) is 13.3 Å². The largest absolute Gasteiger partial charge is 0.379 e. The Morgan fingerprint density at radius 2 is 1.45 bits per heavy atom.